The third kappa shape index (κ3) is 5.13. The molecule has 3 N–H and O–H groups in total. The fourth-order valence-electron chi connectivity index (χ4n) is 3.06. The van der Waals surface area contributed by atoms with E-state index in [4.69, 9.17) is 28.3 Å². The molecule has 1 heterocycles. The van der Waals surface area contributed by atoms with Gasteiger partial charge in [-0.2, -0.15) is 5.10 Å². The highest BCUT2D eigenvalue weighted by atomic mass is 35.5. The van der Waals surface area contributed by atoms with Crippen molar-refractivity contribution in [3.63, 3.8) is 0 Å². The molecule has 2 aromatic carbocycles. The van der Waals surface area contributed by atoms with Crippen LogP contribution in [-0.4, -0.2) is 32.5 Å². The van der Waals surface area contributed by atoms with Gasteiger partial charge in [0, 0.05) is 10.0 Å². The summed E-state index contributed by atoms with van der Waals surface area (Å²) in [7, 11) is -8.91. The molecule has 9 nitrogen and oxygen atoms in total. The third-order valence-electron chi connectivity index (χ3n) is 4.36. The van der Waals surface area contributed by atoms with Crippen LogP contribution in [-0.2, 0) is 26.5 Å². The van der Waals surface area contributed by atoms with Crippen molar-refractivity contribution in [2.24, 2.45) is 5.14 Å². The van der Waals surface area contributed by atoms with Gasteiger partial charge in [0.1, 0.15) is 9.79 Å². The lowest BCUT2D eigenvalue weighted by Gasteiger charge is -2.12. The summed E-state index contributed by atoms with van der Waals surface area (Å²) in [4.78, 5) is 11.6. The molecule has 0 aliphatic carbocycles. The minimum atomic E-state index is -4.56. The van der Waals surface area contributed by atoms with Crippen molar-refractivity contribution in [3.8, 4) is 5.69 Å². The van der Waals surface area contributed by atoms with E-state index >= 15 is 0 Å². The number of hydrogen-bond acceptors (Lipinski definition) is 6. The number of amides is 1. The number of nitrogens with two attached hydrogens (primary N) is 1. The van der Waals surface area contributed by atoms with E-state index in [1.54, 1.807) is 18.2 Å². The van der Waals surface area contributed by atoms with Crippen molar-refractivity contribution in [2.75, 3.05) is 0 Å². The lowest BCUT2D eigenvalue weighted by Crippen LogP contribution is -2.32. The number of sulfonamides is 2. The standard InChI is InChI=1S/C19H18Cl2N4O5S2/c1-2-5-16-15(11-23-25(16)14-9-12(20)8-13(21)10-14)19(26)24-32(29,30)18-7-4-3-6-17(18)31(22,27)28/h3-4,6-11H,2,5H2,1H3,(H,24,26)(H2,22,27,28). The number of halogens is 2. The minimum Gasteiger partial charge on any atom is -0.268 e. The van der Waals surface area contributed by atoms with Crippen molar-refractivity contribution in [2.45, 2.75) is 29.6 Å². The average Bonchev–Trinajstić information content (AvgIpc) is 3.10. The van der Waals surface area contributed by atoms with Gasteiger partial charge in [0.15, 0.2) is 0 Å². The van der Waals surface area contributed by atoms with Gasteiger partial charge in [-0.1, -0.05) is 48.7 Å². The van der Waals surface area contributed by atoms with Gasteiger partial charge >= 0.3 is 0 Å². The maximum atomic E-state index is 12.9. The summed E-state index contributed by atoms with van der Waals surface area (Å²) in [6.07, 6.45) is 2.23. The van der Waals surface area contributed by atoms with Gasteiger partial charge in [-0.25, -0.2) is 31.4 Å². The van der Waals surface area contributed by atoms with Crippen LogP contribution in [0.2, 0.25) is 10.0 Å². The quantitative estimate of drug-likeness (QED) is 0.494. The topological polar surface area (TPSA) is 141 Å². The maximum absolute atomic E-state index is 12.9. The Labute approximate surface area is 195 Å². The summed E-state index contributed by atoms with van der Waals surface area (Å²) in [5, 5.41) is 10.0. The van der Waals surface area contributed by atoms with Crippen molar-refractivity contribution in [1.82, 2.24) is 14.5 Å². The first-order valence-electron chi connectivity index (χ1n) is 9.16. The predicted molar refractivity (Wildman–Crippen MR) is 120 cm³/mol. The number of nitrogens with zero attached hydrogens (tertiary/aromatic N) is 2. The maximum Gasteiger partial charge on any atom is 0.268 e. The Morgan fingerprint density at radius 2 is 1.66 bits per heavy atom. The summed E-state index contributed by atoms with van der Waals surface area (Å²) in [5.41, 5.74) is 0.922. The van der Waals surface area contributed by atoms with Crippen LogP contribution in [0.1, 0.15) is 29.4 Å². The van der Waals surface area contributed by atoms with Crippen molar-refractivity contribution in [3.05, 3.63) is 70.0 Å². The van der Waals surface area contributed by atoms with Crippen LogP contribution >= 0.6 is 23.2 Å². The smallest absolute Gasteiger partial charge is 0.268 e. The Morgan fingerprint density at radius 3 is 2.22 bits per heavy atom. The molecular formula is C19H18Cl2N4O5S2. The molecule has 0 aliphatic rings. The Hall–Kier alpha value is -2.44. The van der Waals surface area contributed by atoms with Crippen LogP contribution in [0.15, 0.2) is 58.5 Å². The molecule has 0 bridgehead atoms. The number of rotatable bonds is 7. The molecule has 0 saturated carbocycles. The molecule has 0 radical (unpaired) electrons. The van der Waals surface area contributed by atoms with E-state index in [9.17, 15) is 21.6 Å². The summed E-state index contributed by atoms with van der Waals surface area (Å²) in [6, 6.07) is 9.45. The zero-order valence-corrected chi connectivity index (χ0v) is 19.8. The number of nitrogens with one attached hydrogen (secondary N) is 1. The van der Waals surface area contributed by atoms with Crippen LogP contribution in [0.4, 0.5) is 0 Å². The number of hydrogen-bond donors (Lipinski definition) is 2. The molecule has 0 saturated heterocycles. The first-order chi connectivity index (χ1) is 14.9. The summed E-state index contributed by atoms with van der Waals surface area (Å²) >= 11 is 12.1. The number of aromatic nitrogens is 2. The molecule has 0 aliphatic heterocycles. The van der Waals surface area contributed by atoms with E-state index in [0.717, 1.165) is 12.1 Å². The zero-order valence-electron chi connectivity index (χ0n) is 16.6. The lowest BCUT2D eigenvalue weighted by molar-refractivity contribution is 0.0980. The fraction of sp³-hybridized carbons (Fsp3) is 0.158. The molecule has 13 heteroatoms. The van der Waals surface area contributed by atoms with Gasteiger partial charge in [0.2, 0.25) is 10.0 Å². The second-order valence-electron chi connectivity index (χ2n) is 6.72. The molecule has 0 fully saturated rings. The molecule has 1 aromatic heterocycles. The second kappa shape index (κ2) is 9.20. The molecule has 32 heavy (non-hydrogen) atoms. The van der Waals surface area contributed by atoms with Crippen molar-refractivity contribution < 1.29 is 21.6 Å². The van der Waals surface area contributed by atoms with E-state index in [2.05, 4.69) is 5.10 Å². The van der Waals surface area contributed by atoms with Crippen LogP contribution in [0.5, 0.6) is 0 Å². The average molecular weight is 517 g/mol. The monoisotopic (exact) mass is 516 g/mol. The SMILES string of the molecule is CCCc1c(C(=O)NS(=O)(=O)c2ccccc2S(N)(=O)=O)cnn1-c1cc(Cl)cc(Cl)c1. The van der Waals surface area contributed by atoms with Crippen LogP contribution in [0.3, 0.4) is 0 Å². The summed E-state index contributed by atoms with van der Waals surface area (Å²) < 4.78 is 52.5. The fourth-order valence-corrected chi connectivity index (χ4v) is 5.93. The van der Waals surface area contributed by atoms with E-state index in [0.29, 0.717) is 34.3 Å². The molecule has 3 rings (SSSR count). The van der Waals surface area contributed by atoms with Crippen LogP contribution in [0, 0.1) is 0 Å². The number of carbonyl (C=O) groups is 1. The first-order valence-corrected chi connectivity index (χ1v) is 12.9. The van der Waals surface area contributed by atoms with Gasteiger partial charge in [-0.15, -0.1) is 0 Å². The normalized spacial score (nSPS) is 12.0. The largest absolute Gasteiger partial charge is 0.268 e. The molecule has 3 aromatic rings. The summed E-state index contributed by atoms with van der Waals surface area (Å²) in [6.45, 7) is 1.88. The third-order valence-corrected chi connectivity index (χ3v) is 7.29. The molecule has 170 valence electrons. The molecule has 0 atom stereocenters. The first kappa shape index (κ1) is 24.2. The Kier molecular flexibility index (Phi) is 6.96. The highest BCUT2D eigenvalue weighted by Gasteiger charge is 2.28. The Morgan fingerprint density at radius 1 is 1.06 bits per heavy atom. The van der Waals surface area contributed by atoms with Crippen LogP contribution < -0.4 is 9.86 Å². The summed E-state index contributed by atoms with van der Waals surface area (Å²) in [5.74, 6) is -0.975. The molecular weight excluding hydrogens is 499 g/mol. The van der Waals surface area contributed by atoms with E-state index < -0.39 is 35.7 Å². The molecule has 0 spiro atoms. The Bertz CT molecular complexity index is 1380. The highest BCUT2D eigenvalue weighted by molar-refractivity contribution is 7.92. The predicted octanol–water partition coefficient (Wildman–Crippen LogP) is 2.90. The number of benzene rings is 2. The van der Waals surface area contributed by atoms with Gasteiger partial charge in [0.25, 0.3) is 15.9 Å². The van der Waals surface area contributed by atoms with Crippen molar-refractivity contribution in [1.29, 1.82) is 0 Å². The molecule has 1 amide bonds. The second-order valence-corrected chi connectivity index (χ2v) is 10.8. The van der Waals surface area contributed by atoms with E-state index in [1.807, 2.05) is 11.6 Å². The number of carbonyl (C=O) groups excluding carboxylic acids is 1. The lowest BCUT2D eigenvalue weighted by atomic mass is 10.1. The van der Waals surface area contributed by atoms with Gasteiger partial charge in [0.05, 0.1) is 23.1 Å². The number of primary sulfonamides is 1. The van der Waals surface area contributed by atoms with Gasteiger partial charge in [-0.05, 0) is 36.8 Å². The van der Waals surface area contributed by atoms with E-state index in [-0.39, 0.29) is 5.56 Å². The zero-order chi connectivity index (χ0) is 23.7. The minimum absolute atomic E-state index is 0.000361. The van der Waals surface area contributed by atoms with Gasteiger partial charge < -0.3 is 0 Å². The Balaban J connectivity index is 2.03. The van der Waals surface area contributed by atoms with E-state index in [1.165, 1.54) is 23.0 Å². The van der Waals surface area contributed by atoms with Crippen molar-refractivity contribution >= 4 is 49.2 Å². The highest BCUT2D eigenvalue weighted by Crippen LogP contribution is 2.25. The molecule has 0 unspecified atom stereocenters. The van der Waals surface area contributed by atoms with Gasteiger partial charge in [-0.3, -0.25) is 4.79 Å². The van der Waals surface area contributed by atoms with Crippen LogP contribution in [0.25, 0.3) is 5.69 Å².